The highest BCUT2D eigenvalue weighted by atomic mass is 35.5. The van der Waals surface area contributed by atoms with E-state index in [9.17, 15) is 4.79 Å². The standard InChI is InChI=1S/C18H19ClN4O2/c19-18-21-15(13-2-1-7-20-10-13)9-16(22-18)23-25-17(24)14-8-11-3-5-12(14)6-4-11/h1-2,7,9-12,14H,3-6,8H2,(H,21,22,23). The number of carbonyl (C=O) groups excluding carboxylic acids is 1. The third-order valence-electron chi connectivity index (χ3n) is 5.26. The molecule has 2 heterocycles. The molecule has 1 unspecified atom stereocenters. The predicted molar refractivity (Wildman–Crippen MR) is 93.5 cm³/mol. The number of nitrogens with one attached hydrogen (secondary N) is 1. The fourth-order valence-electron chi connectivity index (χ4n) is 3.98. The van der Waals surface area contributed by atoms with Crippen molar-refractivity contribution >= 4 is 23.4 Å². The summed E-state index contributed by atoms with van der Waals surface area (Å²) >= 11 is 5.99. The highest BCUT2D eigenvalue weighted by molar-refractivity contribution is 6.28. The fraction of sp³-hybridized carbons (Fsp3) is 0.444. The highest BCUT2D eigenvalue weighted by Crippen LogP contribution is 2.45. The van der Waals surface area contributed by atoms with E-state index in [0.717, 1.165) is 24.8 Å². The second-order valence-corrected chi connectivity index (χ2v) is 7.13. The summed E-state index contributed by atoms with van der Waals surface area (Å²) in [4.78, 5) is 30.1. The average Bonchev–Trinajstić information content (AvgIpc) is 2.67. The minimum Gasteiger partial charge on any atom is -0.342 e. The van der Waals surface area contributed by atoms with Gasteiger partial charge in [0.15, 0.2) is 5.82 Å². The van der Waals surface area contributed by atoms with Crippen molar-refractivity contribution in [2.24, 2.45) is 17.8 Å². The van der Waals surface area contributed by atoms with Gasteiger partial charge < -0.3 is 4.84 Å². The molecule has 1 atom stereocenters. The van der Waals surface area contributed by atoms with Gasteiger partial charge in [0.25, 0.3) is 0 Å². The first kappa shape index (κ1) is 16.3. The lowest BCUT2D eigenvalue weighted by Crippen LogP contribution is -2.37. The third kappa shape index (κ3) is 3.58. The summed E-state index contributed by atoms with van der Waals surface area (Å²) in [6, 6.07) is 5.37. The van der Waals surface area contributed by atoms with Crippen LogP contribution in [0.4, 0.5) is 5.82 Å². The molecule has 0 aliphatic heterocycles. The molecule has 5 rings (SSSR count). The van der Waals surface area contributed by atoms with E-state index in [1.807, 2.05) is 12.1 Å². The lowest BCUT2D eigenvalue weighted by Gasteiger charge is -2.40. The molecule has 130 valence electrons. The van der Waals surface area contributed by atoms with Crippen molar-refractivity contribution in [1.82, 2.24) is 15.0 Å². The van der Waals surface area contributed by atoms with Crippen molar-refractivity contribution in [2.75, 3.05) is 5.48 Å². The highest BCUT2D eigenvalue weighted by Gasteiger charge is 2.40. The molecule has 7 heteroatoms. The van der Waals surface area contributed by atoms with E-state index in [-0.39, 0.29) is 17.2 Å². The zero-order chi connectivity index (χ0) is 17.2. The molecular formula is C18H19ClN4O2. The SMILES string of the molecule is O=C(ONc1cc(-c2cccnc2)nc(Cl)n1)C1CC2CCC1CC2. The second kappa shape index (κ2) is 6.96. The van der Waals surface area contributed by atoms with Crippen LogP contribution < -0.4 is 5.48 Å². The summed E-state index contributed by atoms with van der Waals surface area (Å²) in [5.74, 6) is 1.28. The molecule has 1 N–H and O–H groups in total. The Balaban J connectivity index is 1.44. The van der Waals surface area contributed by atoms with Crippen molar-refractivity contribution in [3.05, 3.63) is 35.9 Å². The molecule has 3 saturated carbocycles. The number of fused-ring (bicyclic) bond motifs is 3. The van der Waals surface area contributed by atoms with E-state index in [4.69, 9.17) is 16.4 Å². The molecule has 2 bridgehead atoms. The minimum absolute atomic E-state index is 0.00453. The topological polar surface area (TPSA) is 77.0 Å². The van der Waals surface area contributed by atoms with Crippen LogP contribution in [0, 0.1) is 17.8 Å². The summed E-state index contributed by atoms with van der Waals surface area (Å²) in [6.45, 7) is 0. The number of carbonyl (C=O) groups is 1. The Morgan fingerprint density at radius 1 is 1.24 bits per heavy atom. The van der Waals surface area contributed by atoms with Gasteiger partial charge >= 0.3 is 5.97 Å². The lowest BCUT2D eigenvalue weighted by atomic mass is 9.65. The van der Waals surface area contributed by atoms with Crippen LogP contribution in [0.3, 0.4) is 0 Å². The van der Waals surface area contributed by atoms with Gasteiger partial charge in [0.1, 0.15) is 0 Å². The molecule has 0 saturated heterocycles. The van der Waals surface area contributed by atoms with Gasteiger partial charge in [0, 0.05) is 24.0 Å². The van der Waals surface area contributed by atoms with Crippen LogP contribution in [-0.4, -0.2) is 20.9 Å². The largest absolute Gasteiger partial charge is 0.342 e. The zero-order valence-corrected chi connectivity index (χ0v) is 14.4. The Morgan fingerprint density at radius 2 is 2.08 bits per heavy atom. The Hall–Kier alpha value is -2.21. The number of nitrogens with zero attached hydrogens (tertiary/aromatic N) is 3. The molecule has 0 aromatic carbocycles. The van der Waals surface area contributed by atoms with Gasteiger partial charge in [0.2, 0.25) is 5.28 Å². The molecule has 2 aromatic rings. The predicted octanol–water partition coefficient (Wildman–Crippen LogP) is 3.89. The summed E-state index contributed by atoms with van der Waals surface area (Å²) in [7, 11) is 0. The molecule has 3 fully saturated rings. The summed E-state index contributed by atoms with van der Waals surface area (Å²) in [6.07, 6.45) is 9.08. The minimum atomic E-state index is -0.202. The van der Waals surface area contributed by atoms with E-state index < -0.39 is 0 Å². The molecule has 6 nitrogen and oxygen atoms in total. The number of halogens is 1. The van der Waals surface area contributed by atoms with Crippen LogP contribution in [0.25, 0.3) is 11.3 Å². The van der Waals surface area contributed by atoms with Crippen molar-refractivity contribution in [2.45, 2.75) is 32.1 Å². The van der Waals surface area contributed by atoms with E-state index >= 15 is 0 Å². The van der Waals surface area contributed by atoms with Gasteiger partial charge in [-0.2, -0.15) is 4.98 Å². The van der Waals surface area contributed by atoms with Crippen LogP contribution in [0.1, 0.15) is 32.1 Å². The molecular weight excluding hydrogens is 340 g/mol. The van der Waals surface area contributed by atoms with Crippen LogP contribution >= 0.6 is 11.6 Å². The number of hydrogen-bond acceptors (Lipinski definition) is 6. The lowest BCUT2D eigenvalue weighted by molar-refractivity contribution is -0.151. The molecule has 3 aliphatic carbocycles. The first-order valence-electron chi connectivity index (χ1n) is 8.61. The molecule has 3 aliphatic rings. The number of aromatic nitrogens is 3. The first-order chi connectivity index (χ1) is 12.2. The number of hydrogen-bond donors (Lipinski definition) is 1. The molecule has 0 amide bonds. The Labute approximate surface area is 151 Å². The maximum Gasteiger partial charge on any atom is 0.335 e. The summed E-state index contributed by atoms with van der Waals surface area (Å²) in [5, 5.41) is 0.0802. The van der Waals surface area contributed by atoms with Crippen molar-refractivity contribution < 1.29 is 9.63 Å². The Bertz CT molecular complexity index is 763. The third-order valence-corrected chi connectivity index (χ3v) is 5.43. The molecule has 0 radical (unpaired) electrons. The van der Waals surface area contributed by atoms with Gasteiger partial charge in [-0.1, -0.05) is 12.8 Å². The maximum absolute atomic E-state index is 12.4. The van der Waals surface area contributed by atoms with Crippen molar-refractivity contribution in [3.63, 3.8) is 0 Å². The smallest absolute Gasteiger partial charge is 0.335 e. The van der Waals surface area contributed by atoms with Gasteiger partial charge in [-0.25, -0.2) is 15.3 Å². The Kier molecular flexibility index (Phi) is 4.53. The normalized spacial score (nSPS) is 24.8. The van der Waals surface area contributed by atoms with E-state index in [1.54, 1.807) is 18.5 Å². The first-order valence-corrected chi connectivity index (χ1v) is 8.98. The number of rotatable bonds is 4. The van der Waals surface area contributed by atoms with Crippen LogP contribution in [0.2, 0.25) is 5.28 Å². The van der Waals surface area contributed by atoms with Gasteiger partial charge in [0.05, 0.1) is 11.6 Å². The summed E-state index contributed by atoms with van der Waals surface area (Å²) in [5.41, 5.74) is 4.07. The summed E-state index contributed by atoms with van der Waals surface area (Å²) < 4.78 is 0. The van der Waals surface area contributed by atoms with E-state index in [2.05, 4.69) is 20.4 Å². The molecule has 25 heavy (non-hydrogen) atoms. The van der Waals surface area contributed by atoms with Gasteiger partial charge in [-0.3, -0.25) is 4.98 Å². The van der Waals surface area contributed by atoms with E-state index in [0.29, 0.717) is 23.3 Å². The quantitative estimate of drug-likeness (QED) is 0.660. The molecule has 2 aromatic heterocycles. The molecule has 0 spiro atoms. The van der Waals surface area contributed by atoms with Crippen molar-refractivity contribution in [1.29, 1.82) is 0 Å². The maximum atomic E-state index is 12.4. The van der Waals surface area contributed by atoms with Crippen LogP contribution in [-0.2, 0) is 9.63 Å². The zero-order valence-electron chi connectivity index (χ0n) is 13.7. The van der Waals surface area contributed by atoms with Crippen LogP contribution in [0.5, 0.6) is 0 Å². The van der Waals surface area contributed by atoms with Crippen LogP contribution in [0.15, 0.2) is 30.6 Å². The van der Waals surface area contributed by atoms with Gasteiger partial charge in [-0.15, -0.1) is 0 Å². The Morgan fingerprint density at radius 3 is 2.76 bits per heavy atom. The number of anilines is 1. The van der Waals surface area contributed by atoms with Gasteiger partial charge in [-0.05, 0) is 54.8 Å². The van der Waals surface area contributed by atoms with E-state index in [1.165, 1.54) is 12.8 Å². The average molecular weight is 359 g/mol. The monoisotopic (exact) mass is 358 g/mol. The second-order valence-electron chi connectivity index (χ2n) is 6.80. The number of pyridine rings is 1. The fourth-order valence-corrected chi connectivity index (χ4v) is 4.16. The van der Waals surface area contributed by atoms with Crippen molar-refractivity contribution in [3.8, 4) is 11.3 Å².